The minimum Gasteiger partial charge on any atom is -0.342 e. The van der Waals surface area contributed by atoms with Crippen molar-refractivity contribution in [2.45, 2.75) is 39.0 Å². The molecule has 3 heteroatoms. The largest absolute Gasteiger partial charge is 0.342 e. The Bertz CT molecular complexity index is 287. The summed E-state index contributed by atoms with van der Waals surface area (Å²) in [6, 6.07) is 0. The highest BCUT2D eigenvalue weighted by Crippen LogP contribution is 2.36. The molecule has 3 rings (SSSR count). The third-order valence-corrected chi connectivity index (χ3v) is 4.52. The molecule has 0 aromatic rings. The molecule has 17 heavy (non-hydrogen) atoms. The van der Waals surface area contributed by atoms with Crippen molar-refractivity contribution >= 4 is 5.91 Å². The summed E-state index contributed by atoms with van der Waals surface area (Å²) in [5.41, 5.74) is -0.121. The number of carbonyl (C=O) groups is 1. The second kappa shape index (κ2) is 4.27. The molecular weight excluding hydrogens is 212 g/mol. The Kier molecular flexibility index (Phi) is 2.89. The van der Waals surface area contributed by atoms with Crippen molar-refractivity contribution in [2.24, 2.45) is 17.3 Å². The lowest BCUT2D eigenvalue weighted by atomic mass is 9.88. The number of rotatable bonds is 5. The molecule has 1 saturated heterocycles. The second-order valence-electron chi connectivity index (χ2n) is 6.58. The molecule has 0 aromatic carbocycles. The van der Waals surface area contributed by atoms with Gasteiger partial charge in [-0.3, -0.25) is 4.79 Å². The highest BCUT2D eigenvalue weighted by atomic mass is 16.2. The van der Waals surface area contributed by atoms with Crippen molar-refractivity contribution in [2.75, 3.05) is 26.2 Å². The number of nitrogens with zero attached hydrogens (tertiary/aromatic N) is 1. The Labute approximate surface area is 104 Å². The van der Waals surface area contributed by atoms with E-state index in [0.717, 1.165) is 44.4 Å². The average molecular weight is 236 g/mol. The van der Waals surface area contributed by atoms with Gasteiger partial charge < -0.3 is 10.2 Å². The Morgan fingerprint density at radius 1 is 1.24 bits per heavy atom. The summed E-state index contributed by atoms with van der Waals surface area (Å²) in [7, 11) is 0. The van der Waals surface area contributed by atoms with Gasteiger partial charge in [0.15, 0.2) is 0 Å². The van der Waals surface area contributed by atoms with Gasteiger partial charge in [0, 0.05) is 19.6 Å². The first kappa shape index (κ1) is 11.5. The van der Waals surface area contributed by atoms with Gasteiger partial charge in [0.25, 0.3) is 0 Å². The molecule has 0 bridgehead atoms. The Morgan fingerprint density at radius 2 is 1.82 bits per heavy atom. The number of amides is 1. The SMILES string of the molecule is CC1(C(=O)N(CC2CC2)CC2CC2)CCNC1. The van der Waals surface area contributed by atoms with Crippen LogP contribution < -0.4 is 5.32 Å². The molecule has 1 aliphatic heterocycles. The number of hydrogen-bond acceptors (Lipinski definition) is 2. The predicted molar refractivity (Wildman–Crippen MR) is 67.6 cm³/mol. The molecule has 3 fully saturated rings. The summed E-state index contributed by atoms with van der Waals surface area (Å²) in [5, 5.41) is 3.34. The number of nitrogens with one attached hydrogen (secondary N) is 1. The third-order valence-electron chi connectivity index (χ3n) is 4.52. The van der Waals surface area contributed by atoms with Gasteiger partial charge in [-0.15, -0.1) is 0 Å². The van der Waals surface area contributed by atoms with E-state index in [1.54, 1.807) is 0 Å². The summed E-state index contributed by atoms with van der Waals surface area (Å²) < 4.78 is 0. The maximum atomic E-state index is 12.7. The monoisotopic (exact) mass is 236 g/mol. The van der Waals surface area contributed by atoms with Crippen LogP contribution >= 0.6 is 0 Å². The highest BCUT2D eigenvalue weighted by Gasteiger charge is 2.41. The number of carbonyl (C=O) groups excluding carboxylic acids is 1. The fraction of sp³-hybridized carbons (Fsp3) is 0.929. The normalized spacial score (nSPS) is 32.8. The van der Waals surface area contributed by atoms with Crippen molar-refractivity contribution < 1.29 is 4.79 Å². The van der Waals surface area contributed by atoms with Crippen molar-refractivity contribution in [1.29, 1.82) is 0 Å². The van der Waals surface area contributed by atoms with Crippen LogP contribution in [0.5, 0.6) is 0 Å². The minimum absolute atomic E-state index is 0.121. The van der Waals surface area contributed by atoms with E-state index in [-0.39, 0.29) is 5.41 Å². The van der Waals surface area contributed by atoms with Gasteiger partial charge in [0.05, 0.1) is 5.41 Å². The van der Waals surface area contributed by atoms with Crippen molar-refractivity contribution in [3.63, 3.8) is 0 Å². The molecule has 0 spiro atoms. The molecule has 1 atom stereocenters. The maximum absolute atomic E-state index is 12.7. The Morgan fingerprint density at radius 3 is 2.24 bits per heavy atom. The van der Waals surface area contributed by atoms with Gasteiger partial charge in [-0.25, -0.2) is 0 Å². The minimum atomic E-state index is -0.121. The maximum Gasteiger partial charge on any atom is 0.229 e. The van der Waals surface area contributed by atoms with Crippen LogP contribution in [0, 0.1) is 17.3 Å². The lowest BCUT2D eigenvalue weighted by Gasteiger charge is -2.31. The molecule has 1 N–H and O–H groups in total. The van der Waals surface area contributed by atoms with Crippen LogP contribution in [-0.4, -0.2) is 37.0 Å². The van der Waals surface area contributed by atoms with Crippen LogP contribution in [0.1, 0.15) is 39.0 Å². The van der Waals surface area contributed by atoms with E-state index in [0.29, 0.717) is 5.91 Å². The van der Waals surface area contributed by atoms with Crippen LogP contribution in [0.4, 0.5) is 0 Å². The van der Waals surface area contributed by atoms with Gasteiger partial charge in [-0.2, -0.15) is 0 Å². The first-order valence-corrected chi connectivity index (χ1v) is 7.17. The van der Waals surface area contributed by atoms with Gasteiger partial charge in [0.1, 0.15) is 0 Å². The molecule has 2 saturated carbocycles. The first-order chi connectivity index (χ1) is 8.17. The molecule has 1 amide bonds. The summed E-state index contributed by atoms with van der Waals surface area (Å²) in [6.45, 7) is 6.08. The lowest BCUT2D eigenvalue weighted by Crippen LogP contribution is -2.45. The molecular formula is C14H24N2O. The van der Waals surface area contributed by atoms with Crippen LogP contribution in [0.3, 0.4) is 0 Å². The topological polar surface area (TPSA) is 32.3 Å². The summed E-state index contributed by atoms with van der Waals surface area (Å²) in [4.78, 5) is 14.9. The quantitative estimate of drug-likeness (QED) is 0.787. The molecule has 3 aliphatic rings. The summed E-state index contributed by atoms with van der Waals surface area (Å²) in [6.07, 6.45) is 6.36. The fourth-order valence-electron chi connectivity index (χ4n) is 2.85. The zero-order valence-corrected chi connectivity index (χ0v) is 10.9. The Balaban J connectivity index is 1.64. The molecule has 0 radical (unpaired) electrons. The molecule has 1 heterocycles. The van der Waals surface area contributed by atoms with E-state index < -0.39 is 0 Å². The zero-order chi connectivity index (χ0) is 11.9. The third kappa shape index (κ3) is 2.65. The molecule has 3 nitrogen and oxygen atoms in total. The van der Waals surface area contributed by atoms with Crippen LogP contribution in [0.15, 0.2) is 0 Å². The van der Waals surface area contributed by atoms with Gasteiger partial charge in [-0.05, 0) is 57.4 Å². The van der Waals surface area contributed by atoms with Crippen molar-refractivity contribution in [1.82, 2.24) is 10.2 Å². The van der Waals surface area contributed by atoms with Crippen molar-refractivity contribution in [3.05, 3.63) is 0 Å². The van der Waals surface area contributed by atoms with Gasteiger partial charge in [0.2, 0.25) is 5.91 Å². The van der Waals surface area contributed by atoms with Gasteiger partial charge in [-0.1, -0.05) is 0 Å². The van der Waals surface area contributed by atoms with Crippen LogP contribution in [-0.2, 0) is 4.79 Å². The van der Waals surface area contributed by atoms with E-state index in [2.05, 4.69) is 17.1 Å². The molecule has 0 aromatic heterocycles. The predicted octanol–water partition coefficient (Wildman–Crippen LogP) is 1.63. The lowest BCUT2D eigenvalue weighted by molar-refractivity contribution is -0.140. The zero-order valence-electron chi connectivity index (χ0n) is 10.9. The molecule has 96 valence electrons. The highest BCUT2D eigenvalue weighted by molar-refractivity contribution is 5.83. The van der Waals surface area contributed by atoms with E-state index in [9.17, 15) is 4.79 Å². The average Bonchev–Trinajstić information content (AvgIpc) is 3.22. The Hall–Kier alpha value is -0.570. The van der Waals surface area contributed by atoms with Crippen molar-refractivity contribution in [3.8, 4) is 0 Å². The standard InChI is InChI=1S/C14H24N2O/c1-14(6-7-15-10-14)13(17)16(8-11-2-3-11)9-12-4-5-12/h11-12,15H,2-10H2,1H3. The van der Waals surface area contributed by atoms with E-state index in [1.807, 2.05) is 0 Å². The van der Waals surface area contributed by atoms with Crippen LogP contribution in [0.2, 0.25) is 0 Å². The number of hydrogen-bond donors (Lipinski definition) is 1. The first-order valence-electron chi connectivity index (χ1n) is 7.17. The molecule has 2 aliphatic carbocycles. The smallest absolute Gasteiger partial charge is 0.229 e. The van der Waals surface area contributed by atoms with E-state index in [1.165, 1.54) is 25.7 Å². The summed E-state index contributed by atoms with van der Waals surface area (Å²) >= 11 is 0. The van der Waals surface area contributed by atoms with E-state index >= 15 is 0 Å². The van der Waals surface area contributed by atoms with Gasteiger partial charge >= 0.3 is 0 Å². The summed E-state index contributed by atoms with van der Waals surface area (Å²) in [5.74, 6) is 2.05. The second-order valence-corrected chi connectivity index (χ2v) is 6.58. The van der Waals surface area contributed by atoms with Crippen LogP contribution in [0.25, 0.3) is 0 Å². The fourth-order valence-corrected chi connectivity index (χ4v) is 2.85. The van der Waals surface area contributed by atoms with E-state index in [4.69, 9.17) is 0 Å². The molecule has 1 unspecified atom stereocenters.